The maximum atomic E-state index is 13.2. The lowest BCUT2D eigenvalue weighted by atomic mass is 9.77. The highest BCUT2D eigenvalue weighted by Gasteiger charge is 2.44. The van der Waals surface area contributed by atoms with Crippen LogP contribution in [0.3, 0.4) is 0 Å². The van der Waals surface area contributed by atoms with Crippen LogP contribution >= 0.6 is 0 Å². The van der Waals surface area contributed by atoms with Gasteiger partial charge in [0.1, 0.15) is 11.5 Å². The average molecular weight is 415 g/mol. The first kappa shape index (κ1) is 20.3. The molecule has 2 heterocycles. The lowest BCUT2D eigenvalue weighted by Gasteiger charge is -2.37. The summed E-state index contributed by atoms with van der Waals surface area (Å²) >= 11 is 0. The number of hydrogen-bond acceptors (Lipinski definition) is 5. The van der Waals surface area contributed by atoms with E-state index in [1.54, 1.807) is 14.0 Å². The predicted molar refractivity (Wildman–Crippen MR) is 113 cm³/mol. The molecule has 6 heteroatoms. The maximum Gasteiger partial charge on any atom is 0.255 e. The summed E-state index contributed by atoms with van der Waals surface area (Å²) < 4.78 is 11.6. The van der Waals surface area contributed by atoms with Gasteiger partial charge in [-0.1, -0.05) is 6.42 Å². The Balaban J connectivity index is 1.28. The number of nitrogens with zero attached hydrogens (tertiary/aromatic N) is 1. The van der Waals surface area contributed by atoms with Crippen LogP contribution in [0.15, 0.2) is 4.42 Å². The normalized spacial score (nSPS) is 31.9. The van der Waals surface area contributed by atoms with Crippen molar-refractivity contribution in [2.24, 2.45) is 17.8 Å². The molecule has 2 saturated carbocycles. The van der Waals surface area contributed by atoms with E-state index in [9.17, 15) is 9.59 Å². The van der Waals surface area contributed by atoms with Crippen molar-refractivity contribution in [1.29, 1.82) is 0 Å². The quantitative estimate of drug-likeness (QED) is 0.800. The van der Waals surface area contributed by atoms with Crippen molar-refractivity contribution < 1.29 is 18.7 Å². The Hall–Kier alpha value is -1.66. The molecule has 30 heavy (non-hydrogen) atoms. The van der Waals surface area contributed by atoms with Gasteiger partial charge in [-0.25, -0.2) is 0 Å². The number of hydrogen-bond donors (Lipinski definition) is 1. The van der Waals surface area contributed by atoms with Gasteiger partial charge in [0.05, 0.1) is 23.3 Å². The Kier molecular flexibility index (Phi) is 5.48. The van der Waals surface area contributed by atoms with E-state index in [2.05, 4.69) is 10.2 Å². The minimum atomic E-state index is -0.178. The summed E-state index contributed by atoms with van der Waals surface area (Å²) in [6, 6.07) is -0.0176. The Morgan fingerprint density at radius 3 is 2.63 bits per heavy atom. The highest BCUT2D eigenvalue weighted by Crippen LogP contribution is 2.39. The number of nitrogens with one attached hydrogen (secondary N) is 1. The Bertz CT molecular complexity index is 827. The fraction of sp³-hybridized carbons (Fsp3) is 0.750. The van der Waals surface area contributed by atoms with Crippen LogP contribution in [0, 0.1) is 24.7 Å². The molecule has 1 aromatic rings. The van der Waals surface area contributed by atoms with Gasteiger partial charge in [-0.2, -0.15) is 0 Å². The summed E-state index contributed by atoms with van der Waals surface area (Å²) in [5.41, 5.74) is 0.969. The zero-order valence-corrected chi connectivity index (χ0v) is 18.2. The van der Waals surface area contributed by atoms with E-state index in [0.717, 1.165) is 38.1 Å². The van der Waals surface area contributed by atoms with E-state index in [1.165, 1.54) is 32.4 Å². The molecule has 3 aliphatic carbocycles. The molecule has 4 aliphatic rings. The number of methoxy groups -OCH3 is 1. The number of Topliss-reactive ketones (excluding diaryl/α,β-unsaturated/α-hetero) is 1. The highest BCUT2D eigenvalue weighted by atomic mass is 16.5. The number of carbonyl (C=O) groups is 2. The number of rotatable bonds is 5. The van der Waals surface area contributed by atoms with Gasteiger partial charge in [-0.15, -0.1) is 0 Å². The van der Waals surface area contributed by atoms with Gasteiger partial charge in [-0.05, 0) is 56.8 Å². The Morgan fingerprint density at radius 1 is 1.17 bits per heavy atom. The minimum Gasteiger partial charge on any atom is -0.465 e. The summed E-state index contributed by atoms with van der Waals surface area (Å²) in [4.78, 5) is 28.3. The first-order valence-electron chi connectivity index (χ1n) is 11.7. The number of fused-ring (bicyclic) bond motifs is 2. The summed E-state index contributed by atoms with van der Waals surface area (Å²) in [5, 5.41) is 3.23. The molecule has 1 aliphatic heterocycles. The number of amides is 1. The van der Waals surface area contributed by atoms with Crippen molar-refractivity contribution in [2.75, 3.05) is 26.7 Å². The van der Waals surface area contributed by atoms with Gasteiger partial charge in [0.2, 0.25) is 0 Å². The molecule has 164 valence electrons. The van der Waals surface area contributed by atoms with Crippen LogP contribution in [0.4, 0.5) is 0 Å². The van der Waals surface area contributed by atoms with Crippen LogP contribution in [-0.2, 0) is 11.2 Å². The number of aryl methyl sites for hydroxylation is 2. The van der Waals surface area contributed by atoms with Gasteiger partial charge in [0.15, 0.2) is 5.78 Å². The van der Waals surface area contributed by atoms with Crippen LogP contribution in [0.5, 0.6) is 0 Å². The average Bonchev–Trinajstić information content (AvgIpc) is 3.24. The van der Waals surface area contributed by atoms with E-state index >= 15 is 0 Å². The molecule has 3 fully saturated rings. The molecule has 4 atom stereocenters. The van der Waals surface area contributed by atoms with E-state index in [0.29, 0.717) is 40.9 Å². The molecule has 0 bridgehead atoms. The molecule has 0 spiro atoms. The third-order valence-electron chi connectivity index (χ3n) is 8.02. The van der Waals surface area contributed by atoms with Crippen molar-refractivity contribution in [3.63, 3.8) is 0 Å². The second-order valence-electron chi connectivity index (χ2n) is 9.97. The molecule has 1 N–H and O–H groups in total. The van der Waals surface area contributed by atoms with Crippen LogP contribution in [0.25, 0.3) is 0 Å². The molecule has 1 amide bonds. The third-order valence-corrected chi connectivity index (χ3v) is 8.02. The molecule has 1 saturated heterocycles. The number of likely N-dealkylation sites (tertiary alicyclic amines) is 1. The number of furan rings is 1. The molecular formula is C24H34N2O4. The smallest absolute Gasteiger partial charge is 0.255 e. The van der Waals surface area contributed by atoms with Gasteiger partial charge < -0.3 is 19.4 Å². The fourth-order valence-corrected chi connectivity index (χ4v) is 6.23. The van der Waals surface area contributed by atoms with Crippen molar-refractivity contribution in [2.45, 2.75) is 70.4 Å². The zero-order valence-electron chi connectivity index (χ0n) is 18.2. The number of carbonyl (C=O) groups excluding carboxylic acids is 2. The Labute approximate surface area is 178 Å². The summed E-state index contributed by atoms with van der Waals surface area (Å²) in [6.45, 7) is 5.35. The maximum absolute atomic E-state index is 13.2. The first-order valence-corrected chi connectivity index (χ1v) is 11.7. The van der Waals surface area contributed by atoms with E-state index in [1.807, 2.05) is 0 Å². The van der Waals surface area contributed by atoms with E-state index < -0.39 is 0 Å². The molecule has 0 radical (unpaired) electrons. The van der Waals surface area contributed by atoms with Crippen molar-refractivity contribution in [1.82, 2.24) is 10.2 Å². The summed E-state index contributed by atoms with van der Waals surface area (Å²) in [5.74, 6) is 3.27. The number of ether oxygens (including phenoxy) is 1. The second kappa shape index (κ2) is 8.12. The number of ketones is 1. The summed E-state index contributed by atoms with van der Waals surface area (Å²) in [7, 11) is 1.75. The monoisotopic (exact) mass is 414 g/mol. The van der Waals surface area contributed by atoms with Crippen LogP contribution in [0.1, 0.15) is 77.2 Å². The van der Waals surface area contributed by atoms with Crippen molar-refractivity contribution in [3.8, 4) is 0 Å². The van der Waals surface area contributed by atoms with Crippen LogP contribution in [0.2, 0.25) is 0 Å². The van der Waals surface area contributed by atoms with Crippen LogP contribution in [-0.4, -0.2) is 55.5 Å². The lowest BCUT2D eigenvalue weighted by molar-refractivity contribution is 0.0124. The largest absolute Gasteiger partial charge is 0.465 e. The van der Waals surface area contributed by atoms with Gasteiger partial charge in [0.25, 0.3) is 5.91 Å². The molecule has 6 nitrogen and oxygen atoms in total. The Morgan fingerprint density at radius 2 is 1.93 bits per heavy atom. The molecular weight excluding hydrogens is 380 g/mol. The lowest BCUT2D eigenvalue weighted by Crippen LogP contribution is -2.50. The van der Waals surface area contributed by atoms with E-state index in [4.69, 9.17) is 9.15 Å². The fourth-order valence-electron chi connectivity index (χ4n) is 6.23. The summed E-state index contributed by atoms with van der Waals surface area (Å²) in [6.07, 6.45) is 8.17. The minimum absolute atomic E-state index is 0.0176. The first-order chi connectivity index (χ1) is 14.5. The second-order valence-corrected chi connectivity index (χ2v) is 9.97. The zero-order chi connectivity index (χ0) is 20.8. The van der Waals surface area contributed by atoms with Gasteiger partial charge in [0, 0.05) is 39.6 Å². The SMILES string of the molecule is CO[C@H]1C[C@@H]2CN(CC3CCC3)C[C@@H]2C[C@@H]1NC(=O)c1c(C)oc2c1C(=O)CCC2. The van der Waals surface area contributed by atoms with Crippen LogP contribution < -0.4 is 5.32 Å². The van der Waals surface area contributed by atoms with Gasteiger partial charge in [-0.3, -0.25) is 9.59 Å². The molecule has 1 aromatic heterocycles. The molecule has 0 unspecified atom stereocenters. The van der Waals surface area contributed by atoms with Gasteiger partial charge >= 0.3 is 0 Å². The van der Waals surface area contributed by atoms with Crippen molar-refractivity contribution >= 4 is 11.7 Å². The highest BCUT2D eigenvalue weighted by molar-refractivity contribution is 6.10. The standard InChI is InChI=1S/C24H34N2O4/c1-14-22(23-19(27)7-4-8-20(23)30-14)24(28)25-18-9-16-12-26(11-15-5-3-6-15)13-17(16)10-21(18)29-2/h15-18,21H,3-13H2,1-2H3,(H,25,28)/t16-,17+,18-,21-/m0/s1. The predicted octanol–water partition coefficient (Wildman–Crippen LogP) is 3.36. The molecule has 0 aromatic carbocycles. The topological polar surface area (TPSA) is 71.8 Å². The van der Waals surface area contributed by atoms with E-state index in [-0.39, 0.29) is 23.8 Å². The van der Waals surface area contributed by atoms with Crippen molar-refractivity contribution in [3.05, 3.63) is 22.6 Å². The third kappa shape index (κ3) is 3.62. The molecule has 5 rings (SSSR count).